The number of nitrogens with zero attached hydrogens (tertiary/aromatic N) is 8. The second kappa shape index (κ2) is 18.1. The Morgan fingerprint density at radius 1 is 0.667 bits per heavy atom. The van der Waals surface area contributed by atoms with Gasteiger partial charge in [0.15, 0.2) is 11.3 Å². The summed E-state index contributed by atoms with van der Waals surface area (Å²) < 4.78 is 34.7. The molecule has 0 spiro atoms. The quantitative estimate of drug-likeness (QED) is 0.0773. The second-order valence-corrected chi connectivity index (χ2v) is 32.7. The van der Waals surface area contributed by atoms with Crippen LogP contribution in [-0.4, -0.2) is 105 Å². The number of amides is 2. The van der Waals surface area contributed by atoms with Gasteiger partial charge in [0.2, 0.25) is 0 Å². The molecule has 5 aromatic heterocycles. The van der Waals surface area contributed by atoms with Gasteiger partial charge >= 0.3 is 12.2 Å². The van der Waals surface area contributed by atoms with Crippen LogP contribution in [-0.2, 0) is 32.4 Å². The SMILES string of the molecule is CC(C)(C)OC(=O)N1CCCC1c1nc2cc(-c3ccc(-c4cnc5c(c4)nc(C4CCCN4C(=O)OC(C)(C)C)n5COCC[Si](C)(C)C)o3)cnc2n1COCC[Si](C)(C)C. The summed E-state index contributed by atoms with van der Waals surface area (Å²) in [6.45, 7) is 28.3. The fourth-order valence-electron chi connectivity index (χ4n) is 7.95. The largest absolute Gasteiger partial charge is 0.456 e. The van der Waals surface area contributed by atoms with Crippen LogP contribution in [0.1, 0.15) is 91.0 Å². The highest BCUT2D eigenvalue weighted by molar-refractivity contribution is 6.76. The average molecular weight is 901 g/mol. The molecular weight excluding hydrogens is 833 g/mol. The Kier molecular flexibility index (Phi) is 13.3. The zero-order valence-electron chi connectivity index (χ0n) is 39.5. The fraction of sp³-hybridized carbons (Fsp3) is 0.609. The average Bonchev–Trinajstić information content (AvgIpc) is 4.02. The molecule has 2 aliphatic rings. The van der Waals surface area contributed by atoms with Crippen LogP contribution < -0.4 is 0 Å². The molecule has 2 atom stereocenters. The van der Waals surface area contributed by atoms with Crippen LogP contribution in [0.3, 0.4) is 0 Å². The van der Waals surface area contributed by atoms with E-state index in [1.807, 2.05) is 74.9 Å². The van der Waals surface area contributed by atoms with Gasteiger partial charge < -0.3 is 23.4 Å². The highest BCUT2D eigenvalue weighted by Gasteiger charge is 2.38. The van der Waals surface area contributed by atoms with E-state index in [9.17, 15) is 9.59 Å². The molecule has 2 fully saturated rings. The van der Waals surface area contributed by atoms with Crippen LogP contribution >= 0.6 is 0 Å². The molecule has 2 unspecified atom stereocenters. The van der Waals surface area contributed by atoms with Crippen molar-refractivity contribution >= 4 is 50.7 Å². The summed E-state index contributed by atoms with van der Waals surface area (Å²) in [5, 5.41) is 0. The minimum absolute atomic E-state index is 0.273. The second-order valence-electron chi connectivity index (χ2n) is 21.5. The number of furan rings is 1. The third-order valence-corrected chi connectivity index (χ3v) is 14.6. The summed E-state index contributed by atoms with van der Waals surface area (Å²) >= 11 is 0. The van der Waals surface area contributed by atoms with Crippen molar-refractivity contribution in [2.45, 2.75) is 155 Å². The standard InChI is InChI=1S/C46H68N8O7Si2/c1-45(2,3)60-43(55)51-19-13-15-35(51)41-49-33-25-31(27-47-39(33)53(41)29-57-21-23-62(7,8)9)37-17-18-38(59-37)32-26-34-40(48-28-32)54(30-58-22-24-63(10,11)12)42(50-34)36-16-14-20-52(36)44(56)61-46(4,5)6/h17-18,25-28,35-36H,13-16,19-24,29-30H2,1-12H3. The molecule has 63 heavy (non-hydrogen) atoms. The van der Waals surface area contributed by atoms with Crippen LogP contribution in [0.5, 0.6) is 0 Å². The Balaban J connectivity index is 1.18. The van der Waals surface area contributed by atoms with Crippen molar-refractivity contribution in [3.8, 4) is 22.6 Å². The van der Waals surface area contributed by atoms with Gasteiger partial charge in [0.25, 0.3) is 0 Å². The van der Waals surface area contributed by atoms with E-state index < -0.39 is 27.3 Å². The normalized spacial score (nSPS) is 17.7. The van der Waals surface area contributed by atoms with Gasteiger partial charge in [0, 0.05) is 66.0 Å². The summed E-state index contributed by atoms with van der Waals surface area (Å²) in [6.07, 6.45) is 6.12. The lowest BCUT2D eigenvalue weighted by Gasteiger charge is -2.28. The Labute approximate surface area is 373 Å². The molecule has 2 amide bonds. The zero-order valence-corrected chi connectivity index (χ0v) is 41.5. The lowest BCUT2D eigenvalue weighted by Crippen LogP contribution is -2.37. The maximum Gasteiger partial charge on any atom is 0.410 e. The van der Waals surface area contributed by atoms with Crippen LogP contribution in [0.4, 0.5) is 9.59 Å². The van der Waals surface area contributed by atoms with Crippen molar-refractivity contribution in [2.24, 2.45) is 0 Å². The zero-order chi connectivity index (χ0) is 45.5. The molecule has 7 heterocycles. The molecule has 342 valence electrons. The maximum absolute atomic E-state index is 13.4. The van der Waals surface area contributed by atoms with Crippen molar-refractivity contribution in [1.29, 1.82) is 0 Å². The van der Waals surface area contributed by atoms with Gasteiger partial charge in [-0.15, -0.1) is 0 Å². The van der Waals surface area contributed by atoms with E-state index in [0.717, 1.165) is 60.5 Å². The minimum Gasteiger partial charge on any atom is -0.456 e. The lowest BCUT2D eigenvalue weighted by molar-refractivity contribution is 0.0195. The monoisotopic (exact) mass is 900 g/mol. The van der Waals surface area contributed by atoms with E-state index in [4.69, 9.17) is 43.3 Å². The van der Waals surface area contributed by atoms with E-state index in [-0.39, 0.29) is 37.7 Å². The van der Waals surface area contributed by atoms with Gasteiger partial charge in [0.1, 0.15) is 58.9 Å². The van der Waals surface area contributed by atoms with Gasteiger partial charge in [-0.25, -0.2) is 29.5 Å². The first-order chi connectivity index (χ1) is 29.5. The maximum atomic E-state index is 13.4. The van der Waals surface area contributed by atoms with Gasteiger partial charge in [0.05, 0.1) is 12.1 Å². The first-order valence-corrected chi connectivity index (χ1v) is 29.9. The third-order valence-electron chi connectivity index (χ3n) is 11.2. The van der Waals surface area contributed by atoms with Gasteiger partial charge in [-0.3, -0.25) is 18.9 Å². The number of pyridine rings is 2. The molecule has 0 radical (unpaired) electrons. The Morgan fingerprint density at radius 3 is 1.43 bits per heavy atom. The molecule has 15 nitrogen and oxygen atoms in total. The molecule has 0 N–H and O–H groups in total. The molecule has 0 aliphatic carbocycles. The number of likely N-dealkylation sites (tertiary alicyclic amines) is 2. The van der Waals surface area contributed by atoms with Crippen LogP contribution in [0.2, 0.25) is 51.4 Å². The first kappa shape index (κ1) is 46.4. The van der Waals surface area contributed by atoms with Crippen molar-refractivity contribution in [2.75, 3.05) is 26.3 Å². The van der Waals surface area contributed by atoms with Gasteiger partial charge in [-0.1, -0.05) is 39.3 Å². The molecule has 0 aromatic carbocycles. The predicted octanol–water partition coefficient (Wildman–Crippen LogP) is 10.9. The number of imidazole rings is 2. The molecule has 2 saturated heterocycles. The number of ether oxygens (including phenoxy) is 4. The summed E-state index contributed by atoms with van der Waals surface area (Å²) in [7, 11) is -2.62. The van der Waals surface area contributed by atoms with E-state index in [1.54, 1.807) is 22.2 Å². The van der Waals surface area contributed by atoms with Crippen molar-refractivity contribution in [1.82, 2.24) is 38.9 Å². The molecule has 0 saturated carbocycles. The topological polar surface area (TPSA) is 152 Å². The van der Waals surface area contributed by atoms with Crippen LogP contribution in [0.25, 0.3) is 45.0 Å². The van der Waals surface area contributed by atoms with Crippen molar-refractivity contribution < 1.29 is 33.0 Å². The predicted molar refractivity (Wildman–Crippen MR) is 250 cm³/mol. The van der Waals surface area contributed by atoms with E-state index >= 15 is 0 Å². The number of carbonyl (C=O) groups excluding carboxylic acids is 2. The van der Waals surface area contributed by atoms with Crippen molar-refractivity contribution in [3.63, 3.8) is 0 Å². The summed E-state index contributed by atoms with van der Waals surface area (Å²) in [6, 6.07) is 9.34. The molecule has 7 rings (SSSR count). The summed E-state index contributed by atoms with van der Waals surface area (Å²) in [5.41, 5.74) is 3.04. The van der Waals surface area contributed by atoms with Crippen molar-refractivity contribution in [3.05, 3.63) is 48.3 Å². The number of hydrogen-bond acceptors (Lipinski definition) is 11. The number of carbonyl (C=O) groups is 2. The Bertz CT molecular complexity index is 2250. The van der Waals surface area contributed by atoms with Gasteiger partial charge in [-0.05, 0) is 104 Å². The van der Waals surface area contributed by atoms with Crippen LogP contribution in [0.15, 0.2) is 41.1 Å². The number of aromatic nitrogens is 6. The Hall–Kier alpha value is -4.59. The first-order valence-electron chi connectivity index (χ1n) is 22.5. The smallest absolute Gasteiger partial charge is 0.410 e. The molecule has 17 heteroatoms. The highest BCUT2D eigenvalue weighted by Crippen LogP contribution is 2.38. The molecule has 2 aliphatic heterocycles. The molecular formula is C46H68N8O7Si2. The summed E-state index contributed by atoms with van der Waals surface area (Å²) in [4.78, 5) is 50.5. The van der Waals surface area contributed by atoms with Gasteiger partial charge in [-0.2, -0.15) is 0 Å². The van der Waals surface area contributed by atoms with E-state index in [1.165, 1.54) is 0 Å². The third kappa shape index (κ3) is 11.4. The van der Waals surface area contributed by atoms with E-state index in [2.05, 4.69) is 39.3 Å². The molecule has 5 aromatic rings. The number of hydrogen-bond donors (Lipinski definition) is 0. The minimum atomic E-state index is -1.31. The Morgan fingerprint density at radius 2 is 1.06 bits per heavy atom. The van der Waals surface area contributed by atoms with Crippen LogP contribution in [0, 0.1) is 0 Å². The summed E-state index contributed by atoms with van der Waals surface area (Å²) in [5.74, 6) is 2.72. The lowest BCUT2D eigenvalue weighted by atomic mass is 10.2. The fourth-order valence-corrected chi connectivity index (χ4v) is 9.47. The highest BCUT2D eigenvalue weighted by atomic mass is 28.3. The van der Waals surface area contributed by atoms with E-state index in [0.29, 0.717) is 60.2 Å². The number of fused-ring (bicyclic) bond motifs is 2. The molecule has 0 bridgehead atoms. The number of rotatable bonds is 14.